The van der Waals surface area contributed by atoms with Crippen LogP contribution in [0.2, 0.25) is 0 Å². The second-order valence-corrected chi connectivity index (χ2v) is 4.93. The summed E-state index contributed by atoms with van der Waals surface area (Å²) in [7, 11) is 0. The number of aromatic amines is 1. The van der Waals surface area contributed by atoms with Gasteiger partial charge in [-0.25, -0.2) is 14.8 Å². The molecule has 1 amide bonds. The Labute approximate surface area is 134 Å². The van der Waals surface area contributed by atoms with Crippen LogP contribution in [0.1, 0.15) is 10.5 Å². The quantitative estimate of drug-likeness (QED) is 0.587. The Morgan fingerprint density at radius 3 is 3.00 bits per heavy atom. The van der Waals surface area contributed by atoms with Crippen molar-refractivity contribution in [3.05, 3.63) is 65.2 Å². The smallest absolute Gasteiger partial charge is 0.321 e. The molecule has 1 aromatic carbocycles. The van der Waals surface area contributed by atoms with E-state index in [1.54, 1.807) is 53.3 Å². The lowest BCUT2D eigenvalue weighted by molar-refractivity contribution is 0.102. The van der Waals surface area contributed by atoms with Gasteiger partial charge in [-0.05, 0) is 18.2 Å². The number of imidazole rings is 1. The number of H-pyrrole nitrogens is 1. The number of amides is 1. The fourth-order valence-corrected chi connectivity index (χ4v) is 2.23. The minimum absolute atomic E-state index is 0.244. The van der Waals surface area contributed by atoms with Crippen LogP contribution in [0.15, 0.2) is 58.2 Å². The molecule has 0 unspecified atom stereocenters. The van der Waals surface area contributed by atoms with E-state index < -0.39 is 5.76 Å². The van der Waals surface area contributed by atoms with E-state index in [0.717, 1.165) is 0 Å². The van der Waals surface area contributed by atoms with Gasteiger partial charge in [0, 0.05) is 29.8 Å². The number of benzene rings is 1. The van der Waals surface area contributed by atoms with Crippen molar-refractivity contribution in [1.82, 2.24) is 24.5 Å². The minimum Gasteiger partial charge on any atom is -0.321 e. The lowest BCUT2D eigenvalue weighted by Gasteiger charge is -2.04. The average molecular weight is 322 g/mol. The molecule has 2 N–H and O–H groups in total. The normalized spacial score (nSPS) is 10.8. The molecule has 9 nitrogen and oxygen atoms in total. The summed E-state index contributed by atoms with van der Waals surface area (Å²) in [5.74, 6) is -0.285. The zero-order chi connectivity index (χ0) is 16.5. The summed E-state index contributed by atoms with van der Waals surface area (Å²) in [6.45, 7) is 0. The number of aromatic nitrogens is 5. The van der Waals surface area contributed by atoms with Crippen molar-refractivity contribution in [2.24, 2.45) is 0 Å². The predicted octanol–water partition coefficient (Wildman–Crippen LogP) is 1.32. The van der Waals surface area contributed by atoms with E-state index in [1.807, 2.05) is 0 Å². The molecule has 0 fully saturated rings. The SMILES string of the molecule is O=C(Nc1cccc(-c2noc(=O)[nH]2)c1)c1cn2cccnc2n1. The van der Waals surface area contributed by atoms with E-state index in [2.05, 4.69) is 29.9 Å². The second-order valence-electron chi connectivity index (χ2n) is 4.93. The van der Waals surface area contributed by atoms with Crippen molar-refractivity contribution < 1.29 is 9.32 Å². The molecule has 3 aromatic heterocycles. The number of nitrogens with zero attached hydrogens (tertiary/aromatic N) is 4. The minimum atomic E-state index is -0.642. The van der Waals surface area contributed by atoms with Gasteiger partial charge in [0.15, 0.2) is 5.82 Å². The zero-order valence-electron chi connectivity index (χ0n) is 12.1. The summed E-state index contributed by atoms with van der Waals surface area (Å²) >= 11 is 0. The van der Waals surface area contributed by atoms with Crippen LogP contribution in [0.25, 0.3) is 17.2 Å². The predicted molar refractivity (Wildman–Crippen MR) is 83.5 cm³/mol. The third-order valence-corrected chi connectivity index (χ3v) is 3.30. The van der Waals surface area contributed by atoms with E-state index in [1.165, 1.54) is 0 Å². The van der Waals surface area contributed by atoms with Crippen molar-refractivity contribution in [2.75, 3.05) is 5.32 Å². The highest BCUT2D eigenvalue weighted by Gasteiger charge is 2.12. The van der Waals surface area contributed by atoms with Crippen LogP contribution in [-0.2, 0) is 0 Å². The first-order chi connectivity index (χ1) is 11.7. The summed E-state index contributed by atoms with van der Waals surface area (Å²) < 4.78 is 6.13. The van der Waals surface area contributed by atoms with Gasteiger partial charge in [0.25, 0.3) is 5.91 Å². The molecule has 0 bridgehead atoms. The molecule has 4 aromatic rings. The molecule has 0 aliphatic heterocycles. The van der Waals surface area contributed by atoms with Gasteiger partial charge in [0.1, 0.15) is 5.69 Å². The van der Waals surface area contributed by atoms with Crippen molar-refractivity contribution in [3.8, 4) is 11.4 Å². The molecule has 0 spiro atoms. The van der Waals surface area contributed by atoms with E-state index in [0.29, 0.717) is 17.0 Å². The van der Waals surface area contributed by atoms with Crippen LogP contribution in [-0.4, -0.2) is 30.4 Å². The Bertz CT molecular complexity index is 1060. The first-order valence-corrected chi connectivity index (χ1v) is 6.96. The van der Waals surface area contributed by atoms with Gasteiger partial charge in [-0.2, -0.15) is 0 Å². The highest BCUT2D eigenvalue weighted by atomic mass is 16.5. The number of hydrogen-bond donors (Lipinski definition) is 2. The van der Waals surface area contributed by atoms with Gasteiger partial charge in [-0.3, -0.25) is 18.7 Å². The Hall–Kier alpha value is -3.75. The molecule has 24 heavy (non-hydrogen) atoms. The average Bonchev–Trinajstić information content (AvgIpc) is 3.21. The maximum atomic E-state index is 12.3. The lowest BCUT2D eigenvalue weighted by Crippen LogP contribution is -2.12. The maximum absolute atomic E-state index is 12.3. The fraction of sp³-hybridized carbons (Fsp3) is 0. The second kappa shape index (κ2) is 5.47. The summed E-state index contributed by atoms with van der Waals surface area (Å²) in [6, 6.07) is 8.59. The van der Waals surface area contributed by atoms with E-state index in [-0.39, 0.29) is 17.4 Å². The number of carbonyl (C=O) groups excluding carboxylic acids is 1. The Morgan fingerprint density at radius 2 is 2.21 bits per heavy atom. The Morgan fingerprint density at radius 1 is 1.29 bits per heavy atom. The third-order valence-electron chi connectivity index (χ3n) is 3.30. The van der Waals surface area contributed by atoms with Crippen LogP contribution in [0, 0.1) is 0 Å². The number of hydrogen-bond acceptors (Lipinski definition) is 6. The van der Waals surface area contributed by atoms with Crippen molar-refractivity contribution in [2.45, 2.75) is 0 Å². The van der Waals surface area contributed by atoms with E-state index in [9.17, 15) is 9.59 Å². The van der Waals surface area contributed by atoms with Crippen molar-refractivity contribution >= 4 is 17.4 Å². The third kappa shape index (κ3) is 2.54. The highest BCUT2D eigenvalue weighted by molar-refractivity contribution is 6.03. The van der Waals surface area contributed by atoms with Gasteiger partial charge < -0.3 is 5.32 Å². The molecule has 0 atom stereocenters. The molecule has 9 heteroatoms. The number of anilines is 1. The molecule has 0 saturated heterocycles. The molecule has 0 aliphatic rings. The Balaban J connectivity index is 1.60. The van der Waals surface area contributed by atoms with Crippen LogP contribution in [0.5, 0.6) is 0 Å². The molecule has 0 saturated carbocycles. The molecule has 118 valence electrons. The molecule has 4 rings (SSSR count). The first-order valence-electron chi connectivity index (χ1n) is 6.96. The monoisotopic (exact) mass is 322 g/mol. The Kier molecular flexibility index (Phi) is 3.16. The fourth-order valence-electron chi connectivity index (χ4n) is 2.23. The summed E-state index contributed by atoms with van der Waals surface area (Å²) in [5.41, 5.74) is 1.38. The molecular formula is C15H10N6O3. The number of carbonyl (C=O) groups is 1. The van der Waals surface area contributed by atoms with Gasteiger partial charge in [-0.1, -0.05) is 17.3 Å². The van der Waals surface area contributed by atoms with Gasteiger partial charge in [0.2, 0.25) is 5.78 Å². The summed E-state index contributed by atoms with van der Waals surface area (Å²) in [6.07, 6.45) is 4.95. The number of nitrogens with one attached hydrogen (secondary N) is 2. The number of rotatable bonds is 3. The van der Waals surface area contributed by atoms with Gasteiger partial charge >= 0.3 is 5.76 Å². The molecule has 3 heterocycles. The molecule has 0 aliphatic carbocycles. The lowest BCUT2D eigenvalue weighted by atomic mass is 10.2. The highest BCUT2D eigenvalue weighted by Crippen LogP contribution is 2.19. The molecule has 0 radical (unpaired) electrons. The van der Waals surface area contributed by atoms with Crippen LogP contribution >= 0.6 is 0 Å². The van der Waals surface area contributed by atoms with Crippen LogP contribution < -0.4 is 11.1 Å². The first kappa shape index (κ1) is 13.9. The largest absolute Gasteiger partial charge is 0.439 e. The van der Waals surface area contributed by atoms with Gasteiger partial charge in [-0.15, -0.1) is 0 Å². The standard InChI is InChI=1S/C15H10N6O3/c22-13(11-8-21-6-2-5-16-14(21)18-11)17-10-4-1-3-9(7-10)12-19-15(23)24-20-12/h1-8H,(H,17,22)(H,19,20,23). The van der Waals surface area contributed by atoms with Crippen molar-refractivity contribution in [3.63, 3.8) is 0 Å². The molecular weight excluding hydrogens is 312 g/mol. The van der Waals surface area contributed by atoms with Crippen LogP contribution in [0.3, 0.4) is 0 Å². The van der Waals surface area contributed by atoms with E-state index >= 15 is 0 Å². The van der Waals surface area contributed by atoms with Crippen molar-refractivity contribution in [1.29, 1.82) is 0 Å². The van der Waals surface area contributed by atoms with Crippen LogP contribution in [0.4, 0.5) is 5.69 Å². The maximum Gasteiger partial charge on any atom is 0.439 e. The summed E-state index contributed by atoms with van der Waals surface area (Å²) in [5, 5.41) is 6.36. The van der Waals surface area contributed by atoms with Gasteiger partial charge in [0.05, 0.1) is 0 Å². The zero-order valence-corrected chi connectivity index (χ0v) is 12.1. The van der Waals surface area contributed by atoms with E-state index in [4.69, 9.17) is 0 Å². The topological polar surface area (TPSA) is 118 Å². The summed E-state index contributed by atoms with van der Waals surface area (Å²) in [4.78, 5) is 34.0. The number of fused-ring (bicyclic) bond motifs is 1.